The van der Waals surface area contributed by atoms with Gasteiger partial charge in [0.2, 0.25) is 0 Å². The molecule has 2 rings (SSSR count). The topological polar surface area (TPSA) is 32.5 Å². The van der Waals surface area contributed by atoms with Crippen LogP contribution in [0, 0.1) is 6.92 Å². The average molecular weight is 219 g/mol. The summed E-state index contributed by atoms with van der Waals surface area (Å²) in [5, 5.41) is 0. The van der Waals surface area contributed by atoms with E-state index in [9.17, 15) is 0 Å². The lowest BCUT2D eigenvalue weighted by Crippen LogP contribution is -2.50. The molecule has 1 unspecified atom stereocenters. The predicted molar refractivity (Wildman–Crippen MR) is 69.9 cm³/mol. The Morgan fingerprint density at radius 1 is 1.31 bits per heavy atom. The summed E-state index contributed by atoms with van der Waals surface area (Å²) in [7, 11) is 2.19. The maximum atomic E-state index is 5.95. The molecule has 1 aromatic rings. The van der Waals surface area contributed by atoms with Crippen LogP contribution in [0.3, 0.4) is 0 Å². The molecule has 1 saturated heterocycles. The van der Waals surface area contributed by atoms with Crippen LogP contribution in [0.4, 0.5) is 11.4 Å². The molecule has 1 aliphatic rings. The zero-order valence-electron chi connectivity index (χ0n) is 10.4. The fourth-order valence-corrected chi connectivity index (χ4v) is 2.25. The highest BCUT2D eigenvalue weighted by molar-refractivity contribution is 5.64. The number of hydrogen-bond acceptors (Lipinski definition) is 3. The first kappa shape index (κ1) is 11.3. The van der Waals surface area contributed by atoms with Gasteiger partial charge in [0, 0.05) is 37.1 Å². The molecule has 2 N–H and O–H groups in total. The molecule has 3 heteroatoms. The van der Waals surface area contributed by atoms with Gasteiger partial charge in [-0.15, -0.1) is 0 Å². The maximum Gasteiger partial charge on any atom is 0.0417 e. The Labute approximate surface area is 97.8 Å². The molecule has 1 atom stereocenters. The van der Waals surface area contributed by atoms with Crippen molar-refractivity contribution >= 4 is 11.4 Å². The van der Waals surface area contributed by atoms with Crippen molar-refractivity contribution in [2.45, 2.75) is 19.9 Å². The first-order valence-corrected chi connectivity index (χ1v) is 5.90. The van der Waals surface area contributed by atoms with Gasteiger partial charge >= 0.3 is 0 Å². The van der Waals surface area contributed by atoms with E-state index in [2.05, 4.69) is 36.8 Å². The first-order valence-electron chi connectivity index (χ1n) is 5.90. The smallest absolute Gasteiger partial charge is 0.0417 e. The fraction of sp³-hybridized carbons (Fsp3) is 0.538. The molecule has 1 heterocycles. The highest BCUT2D eigenvalue weighted by Gasteiger charge is 2.21. The quantitative estimate of drug-likeness (QED) is 0.730. The summed E-state index contributed by atoms with van der Waals surface area (Å²) in [6, 6.07) is 6.79. The summed E-state index contributed by atoms with van der Waals surface area (Å²) in [6.45, 7) is 7.67. The maximum absolute atomic E-state index is 5.95. The summed E-state index contributed by atoms with van der Waals surface area (Å²) in [5.74, 6) is 0. The highest BCUT2D eigenvalue weighted by atomic mass is 15.3. The SMILES string of the molecule is Cc1c(N)cccc1N1CCN(C)C(C)C1. The molecule has 16 heavy (non-hydrogen) atoms. The molecule has 0 aliphatic carbocycles. The summed E-state index contributed by atoms with van der Waals surface area (Å²) < 4.78 is 0. The molecule has 0 bridgehead atoms. The lowest BCUT2D eigenvalue weighted by Gasteiger charge is -2.39. The number of rotatable bonds is 1. The molecule has 0 saturated carbocycles. The van der Waals surface area contributed by atoms with Crippen LogP contribution in [-0.2, 0) is 0 Å². The van der Waals surface area contributed by atoms with Crippen molar-refractivity contribution < 1.29 is 0 Å². The highest BCUT2D eigenvalue weighted by Crippen LogP contribution is 2.26. The van der Waals surface area contributed by atoms with E-state index in [0.29, 0.717) is 6.04 Å². The van der Waals surface area contributed by atoms with E-state index in [1.807, 2.05) is 12.1 Å². The Bertz CT molecular complexity index is 375. The minimum absolute atomic E-state index is 0.606. The second-order valence-corrected chi connectivity index (χ2v) is 4.77. The summed E-state index contributed by atoms with van der Waals surface area (Å²) >= 11 is 0. The van der Waals surface area contributed by atoms with Crippen LogP contribution in [0.5, 0.6) is 0 Å². The van der Waals surface area contributed by atoms with Gasteiger partial charge in [-0.1, -0.05) is 6.07 Å². The number of nitrogens with two attached hydrogens (primary N) is 1. The number of likely N-dealkylation sites (N-methyl/N-ethyl adjacent to an activating group) is 1. The predicted octanol–water partition coefficient (Wildman–Crippen LogP) is 1.72. The summed E-state index contributed by atoms with van der Waals surface area (Å²) in [6.07, 6.45) is 0. The largest absolute Gasteiger partial charge is 0.398 e. The second kappa shape index (κ2) is 4.34. The van der Waals surface area contributed by atoms with Crippen molar-refractivity contribution in [2.75, 3.05) is 37.3 Å². The molecule has 1 fully saturated rings. The van der Waals surface area contributed by atoms with Crippen molar-refractivity contribution in [3.8, 4) is 0 Å². The van der Waals surface area contributed by atoms with Crippen LogP contribution >= 0.6 is 0 Å². The molecule has 1 aromatic carbocycles. The van der Waals surface area contributed by atoms with Crippen LogP contribution in [0.2, 0.25) is 0 Å². The van der Waals surface area contributed by atoms with Crippen LogP contribution < -0.4 is 10.6 Å². The molecule has 3 nitrogen and oxygen atoms in total. The molecule has 0 aromatic heterocycles. The molecule has 1 aliphatic heterocycles. The monoisotopic (exact) mass is 219 g/mol. The number of hydrogen-bond donors (Lipinski definition) is 1. The molecular weight excluding hydrogens is 198 g/mol. The van der Waals surface area contributed by atoms with Gasteiger partial charge in [0.1, 0.15) is 0 Å². The van der Waals surface area contributed by atoms with E-state index in [1.54, 1.807) is 0 Å². The molecule has 0 radical (unpaired) electrons. The number of piperazine rings is 1. The van der Waals surface area contributed by atoms with Gasteiger partial charge in [0.25, 0.3) is 0 Å². The van der Waals surface area contributed by atoms with Crippen LogP contribution in [0.1, 0.15) is 12.5 Å². The average Bonchev–Trinajstić information content (AvgIpc) is 2.26. The van der Waals surface area contributed by atoms with Gasteiger partial charge in [-0.05, 0) is 38.6 Å². The zero-order valence-corrected chi connectivity index (χ0v) is 10.4. The van der Waals surface area contributed by atoms with E-state index >= 15 is 0 Å². The third kappa shape index (κ3) is 2.00. The minimum Gasteiger partial charge on any atom is -0.398 e. The Morgan fingerprint density at radius 3 is 2.75 bits per heavy atom. The summed E-state index contributed by atoms with van der Waals surface area (Å²) in [4.78, 5) is 4.84. The van der Waals surface area contributed by atoms with Gasteiger partial charge in [0.05, 0.1) is 0 Å². The lowest BCUT2D eigenvalue weighted by atomic mass is 10.1. The van der Waals surface area contributed by atoms with E-state index in [0.717, 1.165) is 25.3 Å². The van der Waals surface area contributed by atoms with Gasteiger partial charge in [0.15, 0.2) is 0 Å². The van der Waals surface area contributed by atoms with Crippen LogP contribution in [0.15, 0.2) is 18.2 Å². The van der Waals surface area contributed by atoms with Crippen molar-refractivity contribution in [3.63, 3.8) is 0 Å². The normalized spacial score (nSPS) is 22.4. The van der Waals surface area contributed by atoms with Gasteiger partial charge < -0.3 is 15.5 Å². The minimum atomic E-state index is 0.606. The number of benzene rings is 1. The molecular formula is C13H21N3. The van der Waals surface area contributed by atoms with E-state index in [-0.39, 0.29) is 0 Å². The lowest BCUT2D eigenvalue weighted by molar-refractivity contribution is 0.234. The number of anilines is 2. The third-order valence-corrected chi connectivity index (χ3v) is 3.65. The van der Waals surface area contributed by atoms with Crippen LogP contribution in [0.25, 0.3) is 0 Å². The van der Waals surface area contributed by atoms with Gasteiger partial charge in [-0.25, -0.2) is 0 Å². The van der Waals surface area contributed by atoms with E-state index in [1.165, 1.54) is 11.3 Å². The van der Waals surface area contributed by atoms with E-state index in [4.69, 9.17) is 5.73 Å². The van der Waals surface area contributed by atoms with Crippen LogP contribution in [-0.4, -0.2) is 37.6 Å². The fourth-order valence-electron chi connectivity index (χ4n) is 2.25. The van der Waals surface area contributed by atoms with E-state index < -0.39 is 0 Å². The zero-order chi connectivity index (χ0) is 11.7. The first-order chi connectivity index (χ1) is 7.59. The Morgan fingerprint density at radius 2 is 2.06 bits per heavy atom. The molecule has 0 amide bonds. The third-order valence-electron chi connectivity index (χ3n) is 3.65. The second-order valence-electron chi connectivity index (χ2n) is 4.77. The summed E-state index contributed by atoms with van der Waals surface area (Å²) in [5.41, 5.74) is 9.34. The Hall–Kier alpha value is -1.22. The Kier molecular flexibility index (Phi) is 3.06. The molecule has 88 valence electrons. The van der Waals surface area contributed by atoms with Crippen molar-refractivity contribution in [1.82, 2.24) is 4.90 Å². The van der Waals surface area contributed by atoms with Gasteiger partial charge in [-0.3, -0.25) is 0 Å². The van der Waals surface area contributed by atoms with Gasteiger partial charge in [-0.2, -0.15) is 0 Å². The number of nitrogens with zero attached hydrogens (tertiary/aromatic N) is 2. The van der Waals surface area contributed by atoms with Crippen molar-refractivity contribution in [3.05, 3.63) is 23.8 Å². The Balaban J connectivity index is 2.22. The standard InChI is InChI=1S/C13H21N3/c1-10-9-16(8-7-15(10)3)13-6-4-5-12(14)11(13)2/h4-6,10H,7-9,14H2,1-3H3. The van der Waals surface area contributed by atoms with Crippen molar-refractivity contribution in [2.24, 2.45) is 0 Å². The van der Waals surface area contributed by atoms with Crippen molar-refractivity contribution in [1.29, 1.82) is 0 Å². The number of nitrogen functional groups attached to an aromatic ring is 1. The molecule has 0 spiro atoms.